The van der Waals surface area contributed by atoms with Crippen LogP contribution in [0.25, 0.3) is 0 Å². The van der Waals surface area contributed by atoms with E-state index in [1.165, 1.54) is 116 Å². The molecule has 0 spiro atoms. The SMILES string of the molecule is CCCCCCCCCCCCCCCCCCCC[CH]OCCC. The molecule has 0 fully saturated rings. The molecule has 0 aliphatic heterocycles. The summed E-state index contributed by atoms with van der Waals surface area (Å²) in [6, 6.07) is 0. The first-order chi connectivity index (χ1) is 12.4. The molecule has 0 saturated heterocycles. The molecule has 0 aromatic rings. The van der Waals surface area contributed by atoms with Gasteiger partial charge in [0.15, 0.2) is 0 Å². The highest BCUT2D eigenvalue weighted by Crippen LogP contribution is 2.14. The average Bonchev–Trinajstić information content (AvgIpc) is 2.63. The molecule has 0 aromatic carbocycles. The van der Waals surface area contributed by atoms with E-state index in [0.29, 0.717) is 0 Å². The zero-order valence-electron chi connectivity index (χ0n) is 17.8. The van der Waals surface area contributed by atoms with Gasteiger partial charge in [-0.1, -0.05) is 129 Å². The highest BCUT2D eigenvalue weighted by molar-refractivity contribution is 4.53. The highest BCUT2D eigenvalue weighted by atomic mass is 16.5. The van der Waals surface area contributed by atoms with Crippen LogP contribution in [0.3, 0.4) is 0 Å². The van der Waals surface area contributed by atoms with Gasteiger partial charge >= 0.3 is 0 Å². The summed E-state index contributed by atoms with van der Waals surface area (Å²) in [7, 11) is 0. The third kappa shape index (κ3) is 24.0. The van der Waals surface area contributed by atoms with E-state index in [1.807, 2.05) is 6.61 Å². The number of unbranched alkanes of at least 4 members (excludes halogenated alkanes) is 18. The Morgan fingerprint density at radius 1 is 0.440 bits per heavy atom. The quantitative estimate of drug-likeness (QED) is 0.176. The zero-order valence-corrected chi connectivity index (χ0v) is 17.8. The molecule has 1 nitrogen and oxygen atoms in total. The van der Waals surface area contributed by atoms with Gasteiger partial charge in [-0.3, -0.25) is 0 Å². The van der Waals surface area contributed by atoms with Crippen molar-refractivity contribution < 1.29 is 4.74 Å². The lowest BCUT2D eigenvalue weighted by atomic mass is 10.0. The number of rotatable bonds is 22. The van der Waals surface area contributed by atoms with Crippen LogP contribution < -0.4 is 0 Å². The van der Waals surface area contributed by atoms with Crippen LogP contribution in [-0.2, 0) is 4.74 Å². The van der Waals surface area contributed by atoms with Gasteiger partial charge in [0.25, 0.3) is 0 Å². The molecule has 151 valence electrons. The van der Waals surface area contributed by atoms with Crippen LogP contribution in [0.4, 0.5) is 0 Å². The third-order valence-corrected chi connectivity index (χ3v) is 5.12. The third-order valence-electron chi connectivity index (χ3n) is 5.12. The molecular weight excluding hydrogens is 304 g/mol. The van der Waals surface area contributed by atoms with E-state index in [1.54, 1.807) is 0 Å². The minimum atomic E-state index is 0.888. The predicted octanol–water partition coefficient (Wildman–Crippen LogP) is 9.01. The van der Waals surface area contributed by atoms with Crippen LogP contribution in [0.2, 0.25) is 0 Å². The summed E-state index contributed by atoms with van der Waals surface area (Å²) >= 11 is 0. The van der Waals surface area contributed by atoms with Crippen LogP contribution in [0, 0.1) is 6.61 Å². The predicted molar refractivity (Wildman–Crippen MR) is 114 cm³/mol. The molecule has 1 radical (unpaired) electrons. The van der Waals surface area contributed by atoms with Crippen LogP contribution in [0.5, 0.6) is 0 Å². The van der Waals surface area contributed by atoms with Crippen LogP contribution in [-0.4, -0.2) is 6.61 Å². The largest absolute Gasteiger partial charge is 0.376 e. The maximum Gasteiger partial charge on any atom is 0.0836 e. The fourth-order valence-corrected chi connectivity index (χ4v) is 3.41. The summed E-state index contributed by atoms with van der Waals surface area (Å²) in [6.07, 6.45) is 28.3. The van der Waals surface area contributed by atoms with Gasteiger partial charge < -0.3 is 4.74 Å². The first-order valence-electron chi connectivity index (χ1n) is 11.8. The van der Waals surface area contributed by atoms with E-state index in [9.17, 15) is 0 Å². The van der Waals surface area contributed by atoms with Crippen LogP contribution in [0.15, 0.2) is 0 Å². The summed E-state index contributed by atoms with van der Waals surface area (Å²) < 4.78 is 5.39. The maximum atomic E-state index is 5.39. The molecule has 0 unspecified atom stereocenters. The second kappa shape index (κ2) is 24.0. The second-order valence-corrected chi connectivity index (χ2v) is 7.84. The van der Waals surface area contributed by atoms with Gasteiger partial charge in [0, 0.05) is 6.61 Å². The molecule has 0 N–H and O–H groups in total. The highest BCUT2D eigenvalue weighted by Gasteiger charge is 1.95. The lowest BCUT2D eigenvalue weighted by molar-refractivity contribution is 0.190. The van der Waals surface area contributed by atoms with E-state index < -0.39 is 0 Å². The Hall–Kier alpha value is -0.0400. The normalized spacial score (nSPS) is 11.3. The molecular formula is C24H49O. The summed E-state index contributed by atoms with van der Waals surface area (Å²) in [5.74, 6) is 0. The first kappa shape index (κ1) is 25.0. The van der Waals surface area contributed by atoms with E-state index in [-0.39, 0.29) is 0 Å². The number of hydrogen-bond donors (Lipinski definition) is 0. The topological polar surface area (TPSA) is 9.23 Å². The van der Waals surface area contributed by atoms with Crippen molar-refractivity contribution in [3.8, 4) is 0 Å². The second-order valence-electron chi connectivity index (χ2n) is 7.84. The molecule has 0 rings (SSSR count). The Morgan fingerprint density at radius 2 is 0.800 bits per heavy atom. The van der Waals surface area contributed by atoms with Gasteiger partial charge in [-0.25, -0.2) is 0 Å². The van der Waals surface area contributed by atoms with Crippen molar-refractivity contribution in [3.05, 3.63) is 6.61 Å². The van der Waals surface area contributed by atoms with Crippen molar-refractivity contribution >= 4 is 0 Å². The summed E-state index contributed by atoms with van der Waals surface area (Å²) in [5, 5.41) is 0. The molecule has 0 aliphatic rings. The van der Waals surface area contributed by atoms with E-state index in [4.69, 9.17) is 4.74 Å². The van der Waals surface area contributed by atoms with E-state index in [2.05, 4.69) is 13.8 Å². The van der Waals surface area contributed by atoms with Crippen molar-refractivity contribution in [1.29, 1.82) is 0 Å². The molecule has 25 heavy (non-hydrogen) atoms. The minimum Gasteiger partial charge on any atom is -0.376 e. The van der Waals surface area contributed by atoms with Crippen molar-refractivity contribution in [2.75, 3.05) is 6.61 Å². The van der Waals surface area contributed by atoms with Crippen molar-refractivity contribution in [3.63, 3.8) is 0 Å². The molecule has 0 amide bonds. The lowest BCUT2D eigenvalue weighted by Crippen LogP contribution is -1.89. The average molecular weight is 354 g/mol. The molecule has 0 saturated carbocycles. The molecule has 0 atom stereocenters. The number of ether oxygens (including phenoxy) is 1. The van der Waals surface area contributed by atoms with Gasteiger partial charge in [-0.2, -0.15) is 0 Å². The number of hydrogen-bond acceptors (Lipinski definition) is 1. The first-order valence-corrected chi connectivity index (χ1v) is 11.8. The molecule has 0 heterocycles. The van der Waals surface area contributed by atoms with Gasteiger partial charge in [-0.15, -0.1) is 0 Å². The van der Waals surface area contributed by atoms with Gasteiger partial charge in [0.2, 0.25) is 0 Å². The van der Waals surface area contributed by atoms with E-state index >= 15 is 0 Å². The van der Waals surface area contributed by atoms with Crippen LogP contribution >= 0.6 is 0 Å². The molecule has 1 heteroatoms. The molecule has 0 aliphatic carbocycles. The molecule has 0 bridgehead atoms. The van der Waals surface area contributed by atoms with E-state index in [0.717, 1.165) is 19.4 Å². The Labute approximate surface area is 160 Å². The smallest absolute Gasteiger partial charge is 0.0836 e. The van der Waals surface area contributed by atoms with Gasteiger partial charge in [0.1, 0.15) is 0 Å². The lowest BCUT2D eigenvalue weighted by Gasteiger charge is -2.04. The Balaban J connectivity index is 2.94. The van der Waals surface area contributed by atoms with Crippen molar-refractivity contribution in [1.82, 2.24) is 0 Å². The zero-order chi connectivity index (χ0) is 18.3. The van der Waals surface area contributed by atoms with Crippen LogP contribution in [0.1, 0.15) is 142 Å². The van der Waals surface area contributed by atoms with Gasteiger partial charge in [-0.05, 0) is 12.8 Å². The maximum absolute atomic E-state index is 5.39. The summed E-state index contributed by atoms with van der Waals surface area (Å²) in [6.45, 7) is 7.35. The Morgan fingerprint density at radius 3 is 1.16 bits per heavy atom. The summed E-state index contributed by atoms with van der Waals surface area (Å²) in [5.41, 5.74) is 0. The minimum absolute atomic E-state index is 0.888. The Bertz CT molecular complexity index is 192. The Kier molecular flexibility index (Phi) is 23.9. The molecule has 0 aromatic heterocycles. The van der Waals surface area contributed by atoms with Gasteiger partial charge in [0.05, 0.1) is 6.61 Å². The van der Waals surface area contributed by atoms with Crippen molar-refractivity contribution in [2.24, 2.45) is 0 Å². The van der Waals surface area contributed by atoms with Crippen molar-refractivity contribution in [2.45, 2.75) is 142 Å². The monoisotopic (exact) mass is 353 g/mol. The fraction of sp³-hybridized carbons (Fsp3) is 0.958. The standard InChI is InChI=1S/C24H49O/c1-3-5-6-7-8-9-10-11-12-13-14-15-16-17-18-19-20-21-22-24-25-23-4-2/h24H,3-23H2,1-2H3. The fourth-order valence-electron chi connectivity index (χ4n) is 3.41. The summed E-state index contributed by atoms with van der Waals surface area (Å²) in [4.78, 5) is 0.